The second-order valence-corrected chi connectivity index (χ2v) is 8.24. The summed E-state index contributed by atoms with van der Waals surface area (Å²) in [6.07, 6.45) is 3.54. The van der Waals surface area contributed by atoms with Crippen molar-refractivity contribution in [3.8, 4) is 28.0 Å². The van der Waals surface area contributed by atoms with Crippen LogP contribution in [0.5, 0.6) is 0 Å². The number of benzene rings is 1. The summed E-state index contributed by atoms with van der Waals surface area (Å²) in [6, 6.07) is 14.9. The minimum absolute atomic E-state index is 0.683. The summed E-state index contributed by atoms with van der Waals surface area (Å²) in [6.45, 7) is 6.56. The van der Waals surface area contributed by atoms with Crippen LogP contribution in [0.2, 0.25) is 0 Å². The molecular weight excluding hydrogens is 354 g/mol. The molecule has 2 aromatic heterocycles. The smallest absolute Gasteiger partial charge is 0.226 e. The van der Waals surface area contributed by atoms with Crippen LogP contribution in [0.25, 0.3) is 21.9 Å². The van der Waals surface area contributed by atoms with Crippen LogP contribution >= 0.6 is 11.3 Å². The number of nitriles is 1. The fourth-order valence-electron chi connectivity index (χ4n) is 3.69. The van der Waals surface area contributed by atoms with Gasteiger partial charge in [0.15, 0.2) is 0 Å². The van der Waals surface area contributed by atoms with E-state index in [0.717, 1.165) is 45.3 Å². The van der Waals surface area contributed by atoms with E-state index >= 15 is 0 Å². The summed E-state index contributed by atoms with van der Waals surface area (Å²) in [5.41, 5.74) is 3.15. The van der Waals surface area contributed by atoms with E-state index in [0.29, 0.717) is 11.9 Å². The first-order valence-corrected chi connectivity index (χ1v) is 10.3. The summed E-state index contributed by atoms with van der Waals surface area (Å²) in [5, 5.41) is 8.98. The molecule has 0 bridgehead atoms. The molecule has 1 fully saturated rings. The Morgan fingerprint density at radius 2 is 2.00 bits per heavy atom. The Bertz CT molecular complexity index is 964. The van der Waals surface area contributed by atoms with E-state index in [1.807, 2.05) is 31.2 Å². The van der Waals surface area contributed by atoms with Gasteiger partial charge in [-0.05, 0) is 63.1 Å². The Hall–Kier alpha value is -2.42. The van der Waals surface area contributed by atoms with Crippen LogP contribution < -0.4 is 0 Å². The normalized spacial score (nSPS) is 17.3. The van der Waals surface area contributed by atoms with Crippen LogP contribution in [0.3, 0.4) is 0 Å². The minimum atomic E-state index is 0.683. The zero-order chi connectivity index (χ0) is 18.8. The SMILES string of the molecule is Cc1oc(-c2ccc(-c3ccc(C#N)s3)cc2)nc1CCN1CCCC1C. The molecular formula is C22H23N3OS. The summed E-state index contributed by atoms with van der Waals surface area (Å²) >= 11 is 1.51. The largest absolute Gasteiger partial charge is 0.441 e. The average molecular weight is 378 g/mol. The Morgan fingerprint density at radius 3 is 2.67 bits per heavy atom. The molecule has 1 aliphatic rings. The molecule has 0 saturated carbocycles. The molecule has 1 unspecified atom stereocenters. The third kappa shape index (κ3) is 3.83. The van der Waals surface area contributed by atoms with Gasteiger partial charge in [0.2, 0.25) is 5.89 Å². The predicted octanol–water partition coefficient (Wildman–Crippen LogP) is 5.28. The maximum Gasteiger partial charge on any atom is 0.226 e. The van der Waals surface area contributed by atoms with E-state index in [9.17, 15) is 0 Å². The topological polar surface area (TPSA) is 53.1 Å². The first-order valence-electron chi connectivity index (χ1n) is 9.45. The fourth-order valence-corrected chi connectivity index (χ4v) is 4.50. The molecule has 4 rings (SSSR count). The van der Waals surface area contributed by atoms with Crippen molar-refractivity contribution in [3.05, 3.63) is 52.7 Å². The van der Waals surface area contributed by atoms with Crippen LogP contribution in [0.1, 0.15) is 36.1 Å². The maximum absolute atomic E-state index is 8.98. The van der Waals surface area contributed by atoms with Gasteiger partial charge in [-0.2, -0.15) is 5.26 Å². The highest BCUT2D eigenvalue weighted by molar-refractivity contribution is 7.16. The molecule has 0 radical (unpaired) electrons. The lowest BCUT2D eigenvalue weighted by molar-refractivity contribution is 0.271. The van der Waals surface area contributed by atoms with Crippen LogP contribution in [0.15, 0.2) is 40.8 Å². The highest BCUT2D eigenvalue weighted by Gasteiger charge is 2.21. The van der Waals surface area contributed by atoms with Crippen molar-refractivity contribution >= 4 is 11.3 Å². The first kappa shape index (κ1) is 18.0. The molecule has 0 aliphatic carbocycles. The van der Waals surface area contributed by atoms with Crippen molar-refractivity contribution in [3.63, 3.8) is 0 Å². The molecule has 0 amide bonds. The van der Waals surface area contributed by atoms with Crippen molar-refractivity contribution in [2.75, 3.05) is 13.1 Å². The molecule has 27 heavy (non-hydrogen) atoms. The first-order chi connectivity index (χ1) is 13.1. The summed E-state index contributed by atoms with van der Waals surface area (Å²) in [5.74, 6) is 1.60. The van der Waals surface area contributed by atoms with E-state index in [1.54, 1.807) is 0 Å². The van der Waals surface area contributed by atoms with Gasteiger partial charge in [0.25, 0.3) is 0 Å². The van der Waals surface area contributed by atoms with E-state index in [1.165, 1.54) is 30.7 Å². The Kier molecular flexibility index (Phi) is 5.11. The van der Waals surface area contributed by atoms with Crippen molar-refractivity contribution in [2.45, 2.75) is 39.2 Å². The predicted molar refractivity (Wildman–Crippen MR) is 109 cm³/mol. The summed E-state index contributed by atoms with van der Waals surface area (Å²) in [7, 11) is 0. The second-order valence-electron chi connectivity index (χ2n) is 7.15. The van der Waals surface area contributed by atoms with Crippen LogP contribution in [0.4, 0.5) is 0 Å². The Morgan fingerprint density at radius 1 is 1.22 bits per heavy atom. The van der Waals surface area contributed by atoms with Crippen molar-refractivity contribution in [1.82, 2.24) is 9.88 Å². The van der Waals surface area contributed by atoms with Gasteiger partial charge in [-0.15, -0.1) is 11.3 Å². The zero-order valence-electron chi connectivity index (χ0n) is 15.7. The number of oxazole rings is 1. The standard InChI is InChI=1S/C22H23N3OS/c1-15-4-3-12-25(15)13-11-20-16(2)26-22(24-20)18-7-5-17(6-8-18)21-10-9-19(14-23)27-21/h5-10,15H,3-4,11-13H2,1-2H3. The number of hydrogen-bond acceptors (Lipinski definition) is 5. The quantitative estimate of drug-likeness (QED) is 0.607. The van der Waals surface area contributed by atoms with Crippen LogP contribution in [-0.2, 0) is 6.42 Å². The van der Waals surface area contributed by atoms with Gasteiger partial charge in [0.1, 0.15) is 16.7 Å². The van der Waals surface area contributed by atoms with E-state index in [4.69, 9.17) is 14.7 Å². The van der Waals surface area contributed by atoms with E-state index < -0.39 is 0 Å². The molecule has 0 spiro atoms. The summed E-state index contributed by atoms with van der Waals surface area (Å²) in [4.78, 5) is 9.12. The monoisotopic (exact) mass is 377 g/mol. The number of likely N-dealkylation sites (tertiary alicyclic amines) is 1. The summed E-state index contributed by atoms with van der Waals surface area (Å²) < 4.78 is 5.94. The number of aromatic nitrogens is 1. The van der Waals surface area contributed by atoms with Gasteiger partial charge < -0.3 is 9.32 Å². The number of hydrogen-bond donors (Lipinski definition) is 0. The molecule has 3 aromatic rings. The molecule has 1 saturated heterocycles. The molecule has 4 nitrogen and oxygen atoms in total. The fraction of sp³-hybridized carbons (Fsp3) is 0.364. The molecule has 5 heteroatoms. The lowest BCUT2D eigenvalue weighted by Crippen LogP contribution is -2.29. The molecule has 1 aromatic carbocycles. The van der Waals surface area contributed by atoms with Crippen molar-refractivity contribution < 1.29 is 4.42 Å². The number of aryl methyl sites for hydroxylation is 1. The van der Waals surface area contributed by atoms with Crippen molar-refractivity contribution in [2.24, 2.45) is 0 Å². The second kappa shape index (κ2) is 7.67. The lowest BCUT2D eigenvalue weighted by Gasteiger charge is -2.20. The third-order valence-electron chi connectivity index (χ3n) is 5.35. The van der Waals surface area contributed by atoms with Crippen molar-refractivity contribution in [1.29, 1.82) is 5.26 Å². The number of thiophene rings is 1. The van der Waals surface area contributed by atoms with Gasteiger partial charge in [0.05, 0.1) is 5.69 Å². The van der Waals surface area contributed by atoms with Crippen LogP contribution in [0, 0.1) is 18.3 Å². The van der Waals surface area contributed by atoms with Gasteiger partial charge in [0, 0.05) is 29.4 Å². The average Bonchev–Trinajstić information content (AvgIpc) is 3.40. The van der Waals surface area contributed by atoms with E-state index in [-0.39, 0.29) is 0 Å². The maximum atomic E-state index is 8.98. The van der Waals surface area contributed by atoms with E-state index in [2.05, 4.69) is 30.0 Å². The molecule has 3 heterocycles. The van der Waals surface area contributed by atoms with Crippen LogP contribution in [-0.4, -0.2) is 29.0 Å². The Balaban J connectivity index is 1.47. The highest BCUT2D eigenvalue weighted by atomic mass is 32.1. The lowest BCUT2D eigenvalue weighted by atomic mass is 10.1. The highest BCUT2D eigenvalue weighted by Crippen LogP contribution is 2.30. The van der Waals surface area contributed by atoms with Gasteiger partial charge in [-0.1, -0.05) is 12.1 Å². The molecule has 0 N–H and O–H groups in total. The Labute approximate surface area is 164 Å². The van der Waals surface area contributed by atoms with Gasteiger partial charge in [-0.3, -0.25) is 0 Å². The minimum Gasteiger partial charge on any atom is -0.441 e. The van der Waals surface area contributed by atoms with Gasteiger partial charge in [-0.25, -0.2) is 4.98 Å². The number of nitrogens with zero attached hydrogens (tertiary/aromatic N) is 3. The van der Waals surface area contributed by atoms with Gasteiger partial charge >= 0.3 is 0 Å². The zero-order valence-corrected chi connectivity index (χ0v) is 16.6. The molecule has 138 valence electrons. The number of rotatable bonds is 5. The molecule has 1 atom stereocenters. The third-order valence-corrected chi connectivity index (χ3v) is 6.39. The molecule has 1 aliphatic heterocycles.